The van der Waals surface area contributed by atoms with E-state index < -0.39 is 0 Å². The fraction of sp³-hybridized carbons (Fsp3) is 0.429. The molecule has 2 N–H and O–H groups in total. The monoisotopic (exact) mass is 240 g/mol. The summed E-state index contributed by atoms with van der Waals surface area (Å²) in [6, 6.07) is 9.93. The van der Waals surface area contributed by atoms with Crippen LogP contribution in [0.15, 0.2) is 43.5 Å². The Hall–Kier alpha value is -1.32. The summed E-state index contributed by atoms with van der Waals surface area (Å²) in [7, 11) is 0. The third-order valence-electron chi connectivity index (χ3n) is 1.61. The molecule has 1 aromatic rings. The lowest BCUT2D eigenvalue weighted by atomic mass is 10.3. The van der Waals surface area contributed by atoms with Gasteiger partial charge in [0.1, 0.15) is 5.75 Å². The van der Waals surface area contributed by atoms with Crippen LogP contribution in [0.2, 0.25) is 0 Å². The number of ether oxygens (including phenoxy) is 1. The van der Waals surface area contributed by atoms with Gasteiger partial charge in [-0.1, -0.05) is 31.5 Å². The Morgan fingerprint density at radius 1 is 1.06 bits per heavy atom. The van der Waals surface area contributed by atoms with Crippen LogP contribution >= 0.6 is 0 Å². The first-order chi connectivity index (χ1) is 8.35. The Kier molecular flexibility index (Phi) is 18.1. The molecule has 0 heterocycles. The lowest BCUT2D eigenvalue weighted by molar-refractivity contribution is 0.186. The fourth-order valence-electron chi connectivity index (χ4n) is 0.851. The lowest BCUT2D eigenvalue weighted by Gasteiger charge is -2.03. The van der Waals surface area contributed by atoms with Crippen LogP contribution < -0.4 is 4.74 Å². The van der Waals surface area contributed by atoms with Gasteiger partial charge in [-0.2, -0.15) is 0 Å². The highest BCUT2D eigenvalue weighted by molar-refractivity contribution is 5.20. The molecule has 0 aliphatic carbocycles. The maximum atomic E-state index is 7.62. The minimum Gasteiger partial charge on any atom is -0.494 e. The molecule has 0 unspecified atom stereocenters. The van der Waals surface area contributed by atoms with E-state index in [1.807, 2.05) is 30.3 Å². The van der Waals surface area contributed by atoms with Gasteiger partial charge < -0.3 is 14.9 Å². The Morgan fingerprint density at radius 2 is 1.59 bits per heavy atom. The SMILES string of the molecule is C=C.CCCCOc1ccccc1.OCCO. The first kappa shape index (κ1) is 18.1. The number of hydrogen-bond acceptors (Lipinski definition) is 3. The molecule has 3 heteroatoms. The third kappa shape index (κ3) is 14.7. The summed E-state index contributed by atoms with van der Waals surface area (Å²) in [5.41, 5.74) is 0. The van der Waals surface area contributed by atoms with Crippen LogP contribution in [0.4, 0.5) is 0 Å². The topological polar surface area (TPSA) is 49.7 Å². The summed E-state index contributed by atoms with van der Waals surface area (Å²) in [6.07, 6.45) is 2.32. The summed E-state index contributed by atoms with van der Waals surface area (Å²) in [5, 5.41) is 15.2. The van der Waals surface area contributed by atoms with Crippen LogP contribution in [-0.4, -0.2) is 30.0 Å². The molecule has 17 heavy (non-hydrogen) atoms. The summed E-state index contributed by atoms with van der Waals surface area (Å²) in [4.78, 5) is 0. The zero-order chi connectivity index (χ0) is 13.4. The molecule has 0 fully saturated rings. The van der Waals surface area contributed by atoms with Crippen molar-refractivity contribution in [1.82, 2.24) is 0 Å². The Balaban J connectivity index is 0. The van der Waals surface area contributed by atoms with Gasteiger partial charge in [0, 0.05) is 0 Å². The second kappa shape index (κ2) is 17.1. The van der Waals surface area contributed by atoms with Crippen LogP contribution in [0.3, 0.4) is 0 Å². The van der Waals surface area contributed by atoms with E-state index in [9.17, 15) is 0 Å². The Morgan fingerprint density at radius 3 is 2.00 bits per heavy atom. The average molecular weight is 240 g/mol. The highest BCUT2D eigenvalue weighted by atomic mass is 16.5. The molecule has 1 aromatic carbocycles. The number of unbranched alkanes of at least 4 members (excludes halogenated alkanes) is 1. The van der Waals surface area contributed by atoms with Crippen molar-refractivity contribution in [2.45, 2.75) is 19.8 Å². The zero-order valence-electron chi connectivity index (χ0n) is 10.6. The van der Waals surface area contributed by atoms with E-state index in [1.165, 1.54) is 6.42 Å². The van der Waals surface area contributed by atoms with E-state index in [1.54, 1.807) is 0 Å². The number of rotatable bonds is 5. The third-order valence-corrected chi connectivity index (χ3v) is 1.61. The van der Waals surface area contributed by atoms with Crippen molar-refractivity contribution in [3.05, 3.63) is 43.5 Å². The van der Waals surface area contributed by atoms with Gasteiger partial charge in [0.05, 0.1) is 19.8 Å². The van der Waals surface area contributed by atoms with Gasteiger partial charge in [0.15, 0.2) is 0 Å². The van der Waals surface area contributed by atoms with Gasteiger partial charge >= 0.3 is 0 Å². The van der Waals surface area contributed by atoms with Gasteiger partial charge in [-0.25, -0.2) is 0 Å². The van der Waals surface area contributed by atoms with Crippen molar-refractivity contribution >= 4 is 0 Å². The molecule has 0 aliphatic rings. The number of benzene rings is 1. The van der Waals surface area contributed by atoms with Gasteiger partial charge in [0.25, 0.3) is 0 Å². The molecule has 0 amide bonds. The van der Waals surface area contributed by atoms with Crippen molar-refractivity contribution in [2.24, 2.45) is 0 Å². The van der Waals surface area contributed by atoms with E-state index in [0.717, 1.165) is 18.8 Å². The molecular weight excluding hydrogens is 216 g/mol. The lowest BCUT2D eigenvalue weighted by Crippen LogP contribution is -1.95. The molecule has 0 spiro atoms. The quantitative estimate of drug-likeness (QED) is 0.614. The molecule has 0 atom stereocenters. The molecule has 0 aromatic heterocycles. The molecule has 0 saturated carbocycles. The standard InChI is InChI=1S/C10H14O.C2H6O2.C2H4/c1-2-3-9-11-10-7-5-4-6-8-10;3-1-2-4;1-2/h4-8H,2-3,9H2,1H3;3-4H,1-2H2;1-2H2. The first-order valence-corrected chi connectivity index (χ1v) is 5.74. The van der Waals surface area contributed by atoms with E-state index in [0.29, 0.717) is 0 Å². The minimum atomic E-state index is -0.125. The summed E-state index contributed by atoms with van der Waals surface area (Å²) in [5.74, 6) is 0.973. The number of aliphatic hydroxyl groups excluding tert-OH is 2. The van der Waals surface area contributed by atoms with Crippen LogP contribution in [0, 0.1) is 0 Å². The fourth-order valence-corrected chi connectivity index (χ4v) is 0.851. The Bertz CT molecular complexity index is 222. The van der Waals surface area contributed by atoms with E-state index >= 15 is 0 Å². The number of hydrogen-bond donors (Lipinski definition) is 2. The molecule has 0 aliphatic heterocycles. The molecule has 1 rings (SSSR count). The first-order valence-electron chi connectivity index (χ1n) is 5.74. The molecule has 0 radical (unpaired) electrons. The average Bonchev–Trinajstić information content (AvgIpc) is 2.43. The van der Waals surface area contributed by atoms with Crippen LogP contribution in [0.1, 0.15) is 19.8 Å². The molecular formula is C14H24O3. The van der Waals surface area contributed by atoms with E-state index in [-0.39, 0.29) is 13.2 Å². The highest BCUT2D eigenvalue weighted by Gasteiger charge is 1.88. The predicted molar refractivity (Wildman–Crippen MR) is 72.3 cm³/mol. The maximum absolute atomic E-state index is 7.62. The normalized spacial score (nSPS) is 8.18. The van der Waals surface area contributed by atoms with Gasteiger partial charge in [-0.3, -0.25) is 0 Å². The van der Waals surface area contributed by atoms with Crippen LogP contribution in [0.5, 0.6) is 5.75 Å². The van der Waals surface area contributed by atoms with Gasteiger partial charge in [-0.05, 0) is 18.6 Å². The molecule has 0 bridgehead atoms. The van der Waals surface area contributed by atoms with Gasteiger partial charge in [-0.15, -0.1) is 13.2 Å². The van der Waals surface area contributed by atoms with Crippen LogP contribution in [0.25, 0.3) is 0 Å². The summed E-state index contributed by atoms with van der Waals surface area (Å²) >= 11 is 0. The number of aliphatic hydroxyl groups is 2. The Labute approximate surface area is 104 Å². The largest absolute Gasteiger partial charge is 0.494 e. The smallest absolute Gasteiger partial charge is 0.119 e. The van der Waals surface area contributed by atoms with E-state index in [4.69, 9.17) is 14.9 Å². The minimum absolute atomic E-state index is 0.125. The molecule has 98 valence electrons. The van der Waals surface area contributed by atoms with E-state index in [2.05, 4.69) is 20.1 Å². The zero-order valence-corrected chi connectivity index (χ0v) is 10.6. The van der Waals surface area contributed by atoms with Crippen LogP contribution in [-0.2, 0) is 0 Å². The van der Waals surface area contributed by atoms with Crippen molar-refractivity contribution in [1.29, 1.82) is 0 Å². The summed E-state index contributed by atoms with van der Waals surface area (Å²) < 4.78 is 5.45. The van der Waals surface area contributed by atoms with Gasteiger partial charge in [0.2, 0.25) is 0 Å². The second-order valence-corrected chi connectivity index (χ2v) is 2.96. The highest BCUT2D eigenvalue weighted by Crippen LogP contribution is 2.08. The number of para-hydroxylation sites is 1. The molecule has 3 nitrogen and oxygen atoms in total. The predicted octanol–water partition coefficient (Wildman–Crippen LogP) is 2.64. The van der Waals surface area contributed by atoms with Crippen molar-refractivity contribution in [3.8, 4) is 5.75 Å². The second-order valence-electron chi connectivity index (χ2n) is 2.96. The van der Waals surface area contributed by atoms with Crippen molar-refractivity contribution in [3.63, 3.8) is 0 Å². The van der Waals surface area contributed by atoms with Crippen molar-refractivity contribution in [2.75, 3.05) is 19.8 Å². The molecule has 0 saturated heterocycles. The maximum Gasteiger partial charge on any atom is 0.119 e. The van der Waals surface area contributed by atoms with Crippen molar-refractivity contribution < 1.29 is 14.9 Å². The summed E-state index contributed by atoms with van der Waals surface area (Å²) in [6.45, 7) is 8.74.